The summed E-state index contributed by atoms with van der Waals surface area (Å²) >= 11 is 6.35. The number of nitrogen functional groups attached to an aromatic ring is 1. The molecule has 9 heteroatoms. The van der Waals surface area contributed by atoms with E-state index in [2.05, 4.69) is 15.3 Å². The van der Waals surface area contributed by atoms with Gasteiger partial charge in [-0.05, 0) is 31.5 Å². The van der Waals surface area contributed by atoms with Crippen molar-refractivity contribution >= 4 is 34.3 Å². The average Bonchev–Trinajstić information content (AvgIpc) is 3.16. The number of nitrogens with one attached hydrogen (secondary N) is 1. The SMILES string of the molecule is Cc1ccc2oc(-c3c(Cl)nc(N)nc3N[C@@H]3C[C@H](CO)[C@@H](O)[C@H]3O)cc2c1. The predicted octanol–water partition coefficient (Wildman–Crippen LogP) is 1.95. The summed E-state index contributed by atoms with van der Waals surface area (Å²) in [5.74, 6) is 0.290. The number of aliphatic hydroxyl groups excluding tert-OH is 3. The molecule has 2 aromatic heterocycles. The van der Waals surface area contributed by atoms with E-state index in [0.717, 1.165) is 10.9 Å². The molecule has 1 saturated carbocycles. The zero-order valence-corrected chi connectivity index (χ0v) is 15.9. The van der Waals surface area contributed by atoms with Gasteiger partial charge >= 0.3 is 0 Å². The highest BCUT2D eigenvalue weighted by Gasteiger charge is 2.41. The summed E-state index contributed by atoms with van der Waals surface area (Å²) in [5, 5.41) is 33.9. The lowest BCUT2D eigenvalue weighted by Crippen LogP contribution is -2.35. The molecule has 1 aliphatic carbocycles. The van der Waals surface area contributed by atoms with Crippen LogP contribution in [0.5, 0.6) is 0 Å². The van der Waals surface area contributed by atoms with Crippen LogP contribution >= 0.6 is 11.6 Å². The van der Waals surface area contributed by atoms with E-state index in [0.29, 0.717) is 29.1 Å². The van der Waals surface area contributed by atoms with Gasteiger partial charge < -0.3 is 30.8 Å². The van der Waals surface area contributed by atoms with Crippen molar-refractivity contribution < 1.29 is 19.7 Å². The minimum absolute atomic E-state index is 0.0325. The highest BCUT2D eigenvalue weighted by Crippen LogP contribution is 2.38. The Kier molecular flexibility index (Phi) is 4.88. The van der Waals surface area contributed by atoms with Gasteiger partial charge in [0, 0.05) is 17.9 Å². The monoisotopic (exact) mass is 404 g/mol. The van der Waals surface area contributed by atoms with Gasteiger partial charge in [0.15, 0.2) is 0 Å². The first kappa shape index (κ1) is 18.9. The number of nitrogens with two attached hydrogens (primary N) is 1. The average molecular weight is 405 g/mol. The Morgan fingerprint density at radius 1 is 1.25 bits per heavy atom. The van der Waals surface area contributed by atoms with E-state index in [-0.39, 0.29) is 17.7 Å². The number of aryl methyl sites for hydroxylation is 1. The second-order valence-corrected chi connectivity index (χ2v) is 7.52. The van der Waals surface area contributed by atoms with E-state index in [4.69, 9.17) is 21.8 Å². The summed E-state index contributed by atoms with van der Waals surface area (Å²) < 4.78 is 5.93. The molecule has 1 fully saturated rings. The fourth-order valence-electron chi connectivity index (χ4n) is 3.68. The van der Waals surface area contributed by atoms with Crippen LogP contribution in [0.2, 0.25) is 5.15 Å². The summed E-state index contributed by atoms with van der Waals surface area (Å²) in [6.45, 7) is 1.77. The first-order valence-corrected chi connectivity index (χ1v) is 9.32. The number of halogens is 1. The molecule has 0 spiro atoms. The van der Waals surface area contributed by atoms with Crippen LogP contribution in [0.3, 0.4) is 0 Å². The second-order valence-electron chi connectivity index (χ2n) is 7.16. The summed E-state index contributed by atoms with van der Waals surface area (Å²) in [5.41, 5.74) is 7.96. The van der Waals surface area contributed by atoms with Gasteiger partial charge in [-0.2, -0.15) is 4.98 Å². The molecule has 6 N–H and O–H groups in total. The number of hydrogen-bond acceptors (Lipinski definition) is 8. The smallest absolute Gasteiger partial charge is 0.223 e. The second kappa shape index (κ2) is 7.21. The number of rotatable bonds is 4. The number of anilines is 2. The van der Waals surface area contributed by atoms with Crippen LogP contribution in [0.4, 0.5) is 11.8 Å². The fraction of sp³-hybridized carbons (Fsp3) is 0.368. The van der Waals surface area contributed by atoms with Gasteiger partial charge in [-0.1, -0.05) is 23.2 Å². The molecule has 0 radical (unpaired) electrons. The van der Waals surface area contributed by atoms with Crippen molar-refractivity contribution in [3.63, 3.8) is 0 Å². The van der Waals surface area contributed by atoms with Crippen LogP contribution in [-0.4, -0.2) is 50.1 Å². The van der Waals surface area contributed by atoms with Crippen LogP contribution in [-0.2, 0) is 0 Å². The number of hydrogen-bond donors (Lipinski definition) is 5. The van der Waals surface area contributed by atoms with Gasteiger partial charge in [-0.3, -0.25) is 0 Å². The normalized spacial score (nSPS) is 24.8. The molecule has 0 amide bonds. The third-order valence-electron chi connectivity index (χ3n) is 5.16. The van der Waals surface area contributed by atoms with Gasteiger partial charge in [0.1, 0.15) is 28.4 Å². The molecule has 4 rings (SSSR count). The van der Waals surface area contributed by atoms with Gasteiger partial charge in [-0.15, -0.1) is 0 Å². The number of aromatic nitrogens is 2. The molecule has 0 aliphatic heterocycles. The van der Waals surface area contributed by atoms with Crippen molar-refractivity contribution in [3.8, 4) is 11.3 Å². The molecule has 148 valence electrons. The van der Waals surface area contributed by atoms with Gasteiger partial charge in [-0.25, -0.2) is 4.98 Å². The van der Waals surface area contributed by atoms with Crippen molar-refractivity contribution in [2.45, 2.75) is 31.6 Å². The van der Waals surface area contributed by atoms with E-state index in [1.807, 2.05) is 31.2 Å². The van der Waals surface area contributed by atoms with Crippen LogP contribution in [0.1, 0.15) is 12.0 Å². The summed E-state index contributed by atoms with van der Waals surface area (Å²) in [6.07, 6.45) is -1.74. The summed E-state index contributed by atoms with van der Waals surface area (Å²) in [6, 6.07) is 7.11. The maximum Gasteiger partial charge on any atom is 0.223 e. The molecule has 0 saturated heterocycles. The molecular formula is C19H21ClN4O4. The molecule has 4 atom stereocenters. The Hall–Kier alpha value is -2.39. The minimum Gasteiger partial charge on any atom is -0.456 e. The standard InChI is InChI=1S/C19H21ClN4O4/c1-8-2-3-12-9(4-8)6-13(28-12)14-17(20)23-19(21)24-18(14)22-11-5-10(7-25)15(26)16(11)27/h2-4,6,10-11,15-16,25-27H,5,7H2,1H3,(H3,21,22,23,24)/t10-,11-,15-,16+/m1/s1. The number of fused-ring (bicyclic) bond motifs is 1. The first-order valence-electron chi connectivity index (χ1n) is 8.94. The van der Waals surface area contributed by atoms with Crippen LogP contribution in [0.15, 0.2) is 28.7 Å². The largest absolute Gasteiger partial charge is 0.456 e. The Morgan fingerprint density at radius 3 is 2.75 bits per heavy atom. The fourth-order valence-corrected chi connectivity index (χ4v) is 3.95. The predicted molar refractivity (Wildman–Crippen MR) is 106 cm³/mol. The molecule has 8 nitrogen and oxygen atoms in total. The van der Waals surface area contributed by atoms with E-state index < -0.39 is 24.2 Å². The number of benzene rings is 1. The third-order valence-corrected chi connectivity index (χ3v) is 5.43. The molecular weight excluding hydrogens is 384 g/mol. The molecule has 1 aliphatic rings. The lowest BCUT2D eigenvalue weighted by molar-refractivity contribution is 0.00446. The third kappa shape index (κ3) is 3.29. The molecule has 2 heterocycles. The lowest BCUT2D eigenvalue weighted by atomic mass is 10.1. The maximum atomic E-state index is 10.3. The highest BCUT2D eigenvalue weighted by molar-refractivity contribution is 6.32. The first-order chi connectivity index (χ1) is 13.4. The summed E-state index contributed by atoms with van der Waals surface area (Å²) in [7, 11) is 0. The molecule has 0 unspecified atom stereocenters. The Bertz CT molecular complexity index is 1020. The van der Waals surface area contributed by atoms with E-state index >= 15 is 0 Å². The van der Waals surface area contributed by atoms with E-state index in [1.54, 1.807) is 0 Å². The Balaban J connectivity index is 1.75. The number of furan rings is 1. The molecule has 0 bridgehead atoms. The quantitative estimate of drug-likeness (QED) is 0.416. The van der Waals surface area contributed by atoms with Crippen LogP contribution in [0, 0.1) is 12.8 Å². The molecule has 3 aromatic rings. The van der Waals surface area contributed by atoms with Crippen molar-refractivity contribution in [2.75, 3.05) is 17.7 Å². The van der Waals surface area contributed by atoms with Crippen molar-refractivity contribution in [2.24, 2.45) is 5.92 Å². The zero-order chi connectivity index (χ0) is 20.0. The van der Waals surface area contributed by atoms with Crippen molar-refractivity contribution in [1.29, 1.82) is 0 Å². The Morgan fingerprint density at radius 2 is 2.04 bits per heavy atom. The van der Waals surface area contributed by atoms with Gasteiger partial charge in [0.05, 0.1) is 17.7 Å². The van der Waals surface area contributed by atoms with Gasteiger partial charge in [0.2, 0.25) is 5.95 Å². The number of aliphatic hydroxyl groups is 3. The van der Waals surface area contributed by atoms with Crippen molar-refractivity contribution in [1.82, 2.24) is 9.97 Å². The van der Waals surface area contributed by atoms with Crippen LogP contribution < -0.4 is 11.1 Å². The Labute approximate surface area is 166 Å². The van der Waals surface area contributed by atoms with E-state index in [9.17, 15) is 15.3 Å². The highest BCUT2D eigenvalue weighted by atomic mass is 35.5. The van der Waals surface area contributed by atoms with Gasteiger partial charge in [0.25, 0.3) is 0 Å². The maximum absolute atomic E-state index is 10.3. The lowest BCUT2D eigenvalue weighted by Gasteiger charge is -2.20. The molecule has 28 heavy (non-hydrogen) atoms. The summed E-state index contributed by atoms with van der Waals surface area (Å²) in [4.78, 5) is 8.25. The topological polar surface area (TPSA) is 138 Å². The zero-order valence-electron chi connectivity index (χ0n) is 15.1. The van der Waals surface area contributed by atoms with Crippen LogP contribution in [0.25, 0.3) is 22.3 Å². The van der Waals surface area contributed by atoms with E-state index in [1.165, 1.54) is 0 Å². The molecule has 1 aromatic carbocycles. The van der Waals surface area contributed by atoms with Crippen molar-refractivity contribution in [3.05, 3.63) is 35.0 Å². The number of nitrogens with zero attached hydrogens (tertiary/aromatic N) is 2. The minimum atomic E-state index is -1.07.